The number of aromatic amines is 1. The van der Waals surface area contributed by atoms with Crippen LogP contribution in [0.3, 0.4) is 0 Å². The zero-order valence-electron chi connectivity index (χ0n) is 12.7. The summed E-state index contributed by atoms with van der Waals surface area (Å²) in [6.45, 7) is 5.74. The second-order valence-electron chi connectivity index (χ2n) is 6.94. The average Bonchev–Trinajstić information content (AvgIpc) is 2.75. The molecule has 0 spiro atoms. The van der Waals surface area contributed by atoms with Crippen LogP contribution in [0.4, 0.5) is 4.39 Å². The van der Waals surface area contributed by atoms with Crippen LogP contribution in [0.2, 0.25) is 0 Å². The molecule has 2 N–H and O–H groups in total. The molecule has 1 amide bonds. The first-order chi connectivity index (χ1) is 9.84. The number of carbonyl (C=O) groups is 1. The van der Waals surface area contributed by atoms with Crippen molar-refractivity contribution in [3.63, 3.8) is 0 Å². The number of carbonyl (C=O) groups excluding carboxylic acids is 1. The molecule has 21 heavy (non-hydrogen) atoms. The quantitative estimate of drug-likeness (QED) is 0.830. The normalized spacial score (nSPS) is 18.6. The minimum Gasteiger partial charge on any atom is -0.358 e. The second kappa shape index (κ2) is 4.86. The number of aromatic nitrogens is 1. The van der Waals surface area contributed by atoms with Crippen LogP contribution in [-0.4, -0.2) is 16.9 Å². The molecule has 1 aliphatic rings. The van der Waals surface area contributed by atoms with Crippen LogP contribution in [0, 0.1) is 11.2 Å². The summed E-state index contributed by atoms with van der Waals surface area (Å²) in [4.78, 5) is 15.5. The van der Waals surface area contributed by atoms with Gasteiger partial charge in [-0.2, -0.15) is 0 Å². The van der Waals surface area contributed by atoms with Crippen LogP contribution in [0.5, 0.6) is 0 Å². The highest BCUT2D eigenvalue weighted by molar-refractivity contribution is 5.85. The first-order valence-electron chi connectivity index (χ1n) is 7.44. The topological polar surface area (TPSA) is 44.9 Å². The lowest BCUT2D eigenvalue weighted by molar-refractivity contribution is -0.129. The second-order valence-corrected chi connectivity index (χ2v) is 6.94. The number of hydrogen-bond acceptors (Lipinski definition) is 1. The van der Waals surface area contributed by atoms with Crippen LogP contribution in [0.15, 0.2) is 18.2 Å². The number of amides is 1. The fourth-order valence-electron chi connectivity index (χ4n) is 2.91. The smallest absolute Gasteiger partial charge is 0.225 e. The Hall–Kier alpha value is -1.84. The molecule has 1 unspecified atom stereocenters. The minimum absolute atomic E-state index is 0.0713. The van der Waals surface area contributed by atoms with E-state index >= 15 is 0 Å². The Kier molecular flexibility index (Phi) is 3.27. The van der Waals surface area contributed by atoms with Gasteiger partial charge in [-0.05, 0) is 43.0 Å². The molecular formula is C17H21FN2O. The Morgan fingerprint density at radius 2 is 2.14 bits per heavy atom. The van der Waals surface area contributed by atoms with E-state index in [1.165, 1.54) is 11.8 Å². The fraction of sp³-hybridized carbons (Fsp3) is 0.471. The van der Waals surface area contributed by atoms with Gasteiger partial charge in [-0.3, -0.25) is 4.79 Å². The Morgan fingerprint density at radius 3 is 2.86 bits per heavy atom. The number of rotatable bonds is 1. The summed E-state index contributed by atoms with van der Waals surface area (Å²) in [7, 11) is 0. The van der Waals surface area contributed by atoms with Gasteiger partial charge in [0.05, 0.1) is 0 Å². The molecule has 4 heteroatoms. The molecule has 1 aliphatic carbocycles. The van der Waals surface area contributed by atoms with Gasteiger partial charge in [-0.15, -0.1) is 0 Å². The van der Waals surface area contributed by atoms with Crippen molar-refractivity contribution in [3.8, 4) is 0 Å². The maximum absolute atomic E-state index is 13.5. The number of aryl methyl sites for hydroxylation is 1. The van der Waals surface area contributed by atoms with E-state index in [4.69, 9.17) is 0 Å². The lowest BCUT2D eigenvalue weighted by atomic mass is 9.89. The monoisotopic (exact) mass is 288 g/mol. The van der Waals surface area contributed by atoms with Crippen LogP contribution in [-0.2, 0) is 17.6 Å². The largest absolute Gasteiger partial charge is 0.358 e. The van der Waals surface area contributed by atoms with E-state index in [0.29, 0.717) is 0 Å². The maximum atomic E-state index is 13.5. The van der Waals surface area contributed by atoms with E-state index in [1.54, 1.807) is 12.1 Å². The molecule has 0 radical (unpaired) electrons. The molecule has 3 nitrogen and oxygen atoms in total. The van der Waals surface area contributed by atoms with Crippen molar-refractivity contribution in [1.29, 1.82) is 0 Å². The highest BCUT2D eigenvalue weighted by Gasteiger charge is 2.28. The van der Waals surface area contributed by atoms with Gasteiger partial charge >= 0.3 is 0 Å². The van der Waals surface area contributed by atoms with Crippen molar-refractivity contribution in [2.75, 3.05) is 0 Å². The van der Waals surface area contributed by atoms with Gasteiger partial charge in [0.15, 0.2) is 0 Å². The third-order valence-corrected chi connectivity index (χ3v) is 4.17. The molecular weight excluding hydrogens is 267 g/mol. The van der Waals surface area contributed by atoms with Crippen molar-refractivity contribution in [3.05, 3.63) is 35.3 Å². The molecule has 0 saturated carbocycles. The highest BCUT2D eigenvalue weighted by atomic mass is 19.1. The zero-order valence-corrected chi connectivity index (χ0v) is 12.7. The van der Waals surface area contributed by atoms with Crippen LogP contribution < -0.4 is 5.32 Å². The molecule has 3 rings (SSSR count). The molecule has 0 aliphatic heterocycles. The third-order valence-electron chi connectivity index (χ3n) is 4.17. The average molecular weight is 288 g/mol. The molecule has 1 aromatic heterocycles. The molecule has 1 aromatic carbocycles. The molecule has 0 bridgehead atoms. The van der Waals surface area contributed by atoms with Crippen LogP contribution in [0.1, 0.15) is 38.4 Å². The van der Waals surface area contributed by atoms with E-state index in [1.807, 2.05) is 20.8 Å². The zero-order chi connectivity index (χ0) is 15.2. The summed E-state index contributed by atoms with van der Waals surface area (Å²) in [5.41, 5.74) is 2.92. The van der Waals surface area contributed by atoms with Gasteiger partial charge in [0, 0.05) is 28.1 Å². The summed E-state index contributed by atoms with van der Waals surface area (Å²) in [6.07, 6.45) is 2.57. The number of hydrogen-bond donors (Lipinski definition) is 2. The number of benzene rings is 1. The predicted molar refractivity (Wildman–Crippen MR) is 81.7 cm³/mol. The Balaban J connectivity index is 1.86. The summed E-state index contributed by atoms with van der Waals surface area (Å²) in [5.74, 6) is -0.146. The van der Waals surface area contributed by atoms with E-state index in [-0.39, 0.29) is 23.2 Å². The predicted octanol–water partition coefficient (Wildman–Crippen LogP) is 3.33. The molecule has 0 saturated heterocycles. The summed E-state index contributed by atoms with van der Waals surface area (Å²) >= 11 is 0. The minimum atomic E-state index is -0.382. The summed E-state index contributed by atoms with van der Waals surface area (Å²) in [5, 5.41) is 4.07. The van der Waals surface area contributed by atoms with E-state index < -0.39 is 0 Å². The van der Waals surface area contributed by atoms with Gasteiger partial charge in [0.1, 0.15) is 5.82 Å². The molecule has 1 atom stereocenters. The molecule has 2 aromatic rings. The van der Waals surface area contributed by atoms with Crippen molar-refractivity contribution in [2.24, 2.45) is 5.41 Å². The number of fused-ring (bicyclic) bond motifs is 3. The molecule has 112 valence electrons. The molecule has 0 fully saturated rings. The summed E-state index contributed by atoms with van der Waals surface area (Å²) < 4.78 is 13.5. The standard InChI is InChI=1S/C17H21FN2O/c1-17(2,3)16(21)19-11-5-7-15-13(9-11)12-8-10(18)4-6-14(12)20-15/h4,6,8,11,20H,5,7,9H2,1-3H3,(H,19,21). The third kappa shape index (κ3) is 2.67. The Morgan fingerprint density at radius 1 is 1.38 bits per heavy atom. The first-order valence-corrected chi connectivity index (χ1v) is 7.44. The van der Waals surface area contributed by atoms with Gasteiger partial charge in [-0.1, -0.05) is 20.8 Å². The lowest BCUT2D eigenvalue weighted by Gasteiger charge is -2.27. The highest BCUT2D eigenvalue weighted by Crippen LogP contribution is 2.30. The van der Waals surface area contributed by atoms with Gasteiger partial charge in [0.25, 0.3) is 0 Å². The van der Waals surface area contributed by atoms with Crippen molar-refractivity contribution in [1.82, 2.24) is 10.3 Å². The van der Waals surface area contributed by atoms with Gasteiger partial charge < -0.3 is 10.3 Å². The Labute approximate surface area is 123 Å². The van der Waals surface area contributed by atoms with E-state index in [2.05, 4.69) is 10.3 Å². The van der Waals surface area contributed by atoms with E-state index in [0.717, 1.165) is 35.7 Å². The number of H-pyrrole nitrogens is 1. The lowest BCUT2D eigenvalue weighted by Crippen LogP contribution is -2.44. The van der Waals surface area contributed by atoms with Crippen molar-refractivity contribution in [2.45, 2.75) is 46.1 Å². The SMILES string of the molecule is CC(C)(C)C(=O)NC1CCc2[nH]c3ccc(F)cc3c2C1. The van der Waals surface area contributed by atoms with Crippen LogP contribution in [0.25, 0.3) is 10.9 Å². The fourth-order valence-corrected chi connectivity index (χ4v) is 2.91. The maximum Gasteiger partial charge on any atom is 0.225 e. The molecule has 1 heterocycles. The first kappa shape index (κ1) is 14.1. The van der Waals surface area contributed by atoms with Gasteiger partial charge in [0.2, 0.25) is 5.91 Å². The Bertz CT molecular complexity index is 697. The van der Waals surface area contributed by atoms with Crippen molar-refractivity contribution < 1.29 is 9.18 Å². The summed E-state index contributed by atoms with van der Waals surface area (Å²) in [6, 6.07) is 4.97. The number of nitrogens with one attached hydrogen (secondary N) is 2. The van der Waals surface area contributed by atoms with Crippen LogP contribution >= 0.6 is 0 Å². The number of halogens is 1. The van der Waals surface area contributed by atoms with E-state index in [9.17, 15) is 9.18 Å². The van der Waals surface area contributed by atoms with Crippen molar-refractivity contribution >= 4 is 16.8 Å². The van der Waals surface area contributed by atoms with Gasteiger partial charge in [-0.25, -0.2) is 4.39 Å².